The molecule has 0 heterocycles. The van der Waals surface area contributed by atoms with E-state index in [2.05, 4.69) is 25.1 Å². The molecule has 4 aliphatic carbocycles. The van der Waals surface area contributed by atoms with Crippen molar-refractivity contribution < 1.29 is 15.1 Å². The highest BCUT2D eigenvalue weighted by molar-refractivity contribution is 6.43. The summed E-state index contributed by atoms with van der Waals surface area (Å²) < 4.78 is 0. The van der Waals surface area contributed by atoms with Crippen LogP contribution in [-0.2, 0) is 4.79 Å². The Bertz CT molecular complexity index is 610. The number of aliphatic hydroxyl groups excluding tert-OH is 1. The molecule has 4 nitrogen and oxygen atoms in total. The summed E-state index contributed by atoms with van der Waals surface area (Å²) in [4.78, 5) is 12.6. The van der Waals surface area contributed by atoms with Crippen LogP contribution in [0.25, 0.3) is 0 Å². The average Bonchev–Trinajstić information content (AvgIpc) is 2.79. The van der Waals surface area contributed by atoms with E-state index >= 15 is 0 Å². The van der Waals surface area contributed by atoms with Crippen molar-refractivity contribution in [3.63, 3.8) is 0 Å². The lowest BCUT2D eigenvalue weighted by Crippen LogP contribution is -2.50. The van der Waals surface area contributed by atoms with Gasteiger partial charge in [0, 0.05) is 11.8 Å². The van der Waals surface area contributed by atoms with Crippen molar-refractivity contribution in [1.82, 2.24) is 0 Å². The number of oxime groups is 1. The number of hydrogen-bond donors (Lipinski definition) is 2. The van der Waals surface area contributed by atoms with Gasteiger partial charge < -0.3 is 10.3 Å². The molecule has 0 spiro atoms. The lowest BCUT2D eigenvalue weighted by atomic mass is 9.48. The van der Waals surface area contributed by atoms with Crippen LogP contribution in [0.2, 0.25) is 0 Å². The fraction of sp³-hybridized carbons (Fsp3) is 0.789. The highest BCUT2D eigenvalue weighted by Gasteiger charge is 2.60. The topological polar surface area (TPSA) is 69.9 Å². The molecule has 0 bridgehead atoms. The molecule has 4 rings (SSSR count). The number of fused-ring (bicyclic) bond motifs is 5. The van der Waals surface area contributed by atoms with E-state index in [1.807, 2.05) is 0 Å². The second kappa shape index (κ2) is 4.92. The number of nitrogens with zero attached hydrogens (tertiary/aromatic N) is 1. The third-order valence-electron chi connectivity index (χ3n) is 7.78. The fourth-order valence-electron chi connectivity index (χ4n) is 6.34. The number of carbonyl (C=O) groups is 1. The van der Waals surface area contributed by atoms with Crippen molar-refractivity contribution >= 4 is 11.5 Å². The highest BCUT2D eigenvalue weighted by Crippen LogP contribution is 2.63. The molecule has 0 saturated heterocycles. The van der Waals surface area contributed by atoms with Crippen LogP contribution >= 0.6 is 0 Å². The number of hydrogen-bond acceptors (Lipinski definition) is 4. The molecule has 3 saturated carbocycles. The van der Waals surface area contributed by atoms with Crippen LogP contribution in [-0.4, -0.2) is 27.9 Å². The molecule has 0 aromatic rings. The molecule has 0 aromatic heterocycles. The standard InChI is InChI=1S/C19H27NO3/c1-18-7-5-12(21)9-11(18)3-4-13-14(18)6-8-19(2)15(13)10-16(20-23)17(19)22/h3,12-15,21,23H,4-10H2,1-2H3/b20-16+/t12-,13+,14-,15+,18+,19+/m1/s1. The van der Waals surface area contributed by atoms with Crippen molar-refractivity contribution in [3.8, 4) is 0 Å². The monoisotopic (exact) mass is 317 g/mol. The first-order valence-electron chi connectivity index (χ1n) is 9.03. The van der Waals surface area contributed by atoms with E-state index in [9.17, 15) is 15.1 Å². The molecule has 0 radical (unpaired) electrons. The molecule has 3 fully saturated rings. The summed E-state index contributed by atoms with van der Waals surface area (Å²) >= 11 is 0. The van der Waals surface area contributed by atoms with E-state index in [-0.39, 0.29) is 22.7 Å². The zero-order valence-corrected chi connectivity index (χ0v) is 14.1. The Morgan fingerprint density at radius 3 is 2.61 bits per heavy atom. The van der Waals surface area contributed by atoms with Gasteiger partial charge in [-0.3, -0.25) is 4.79 Å². The van der Waals surface area contributed by atoms with Gasteiger partial charge in [-0.05, 0) is 61.7 Å². The van der Waals surface area contributed by atoms with Crippen molar-refractivity contribution in [2.75, 3.05) is 0 Å². The summed E-state index contributed by atoms with van der Waals surface area (Å²) in [6, 6.07) is 0. The van der Waals surface area contributed by atoms with Crippen molar-refractivity contribution in [2.24, 2.45) is 33.7 Å². The van der Waals surface area contributed by atoms with E-state index in [1.54, 1.807) is 0 Å². The molecule has 0 aromatic carbocycles. The third-order valence-corrected chi connectivity index (χ3v) is 7.78. The van der Waals surface area contributed by atoms with Gasteiger partial charge in [0.2, 0.25) is 0 Å². The molecule has 4 aliphatic rings. The Balaban J connectivity index is 1.71. The van der Waals surface area contributed by atoms with E-state index in [0.717, 1.165) is 38.5 Å². The lowest BCUT2D eigenvalue weighted by molar-refractivity contribution is -0.128. The maximum absolute atomic E-state index is 12.6. The molecule has 23 heavy (non-hydrogen) atoms. The van der Waals surface area contributed by atoms with Gasteiger partial charge in [-0.1, -0.05) is 30.7 Å². The summed E-state index contributed by atoms with van der Waals surface area (Å²) in [5, 5.41) is 22.5. The van der Waals surface area contributed by atoms with Crippen LogP contribution in [0.15, 0.2) is 16.8 Å². The maximum atomic E-state index is 12.6. The van der Waals surface area contributed by atoms with Crippen LogP contribution in [0.1, 0.15) is 58.8 Å². The molecule has 6 atom stereocenters. The zero-order chi connectivity index (χ0) is 16.4. The molecule has 126 valence electrons. The van der Waals surface area contributed by atoms with Gasteiger partial charge in [-0.2, -0.15) is 0 Å². The van der Waals surface area contributed by atoms with E-state index in [4.69, 9.17) is 0 Å². The minimum atomic E-state index is -0.335. The van der Waals surface area contributed by atoms with Crippen molar-refractivity contribution in [1.29, 1.82) is 0 Å². The molecule has 0 amide bonds. The smallest absolute Gasteiger partial charge is 0.186 e. The summed E-state index contributed by atoms with van der Waals surface area (Å²) in [6.45, 7) is 4.46. The molecule has 2 N–H and O–H groups in total. The molecule has 0 aliphatic heterocycles. The van der Waals surface area contributed by atoms with E-state index in [1.165, 1.54) is 5.57 Å². The van der Waals surface area contributed by atoms with Gasteiger partial charge in [0.15, 0.2) is 5.78 Å². The summed E-state index contributed by atoms with van der Waals surface area (Å²) in [7, 11) is 0. The van der Waals surface area contributed by atoms with Gasteiger partial charge in [0.05, 0.1) is 6.10 Å². The maximum Gasteiger partial charge on any atom is 0.186 e. The second-order valence-electron chi connectivity index (χ2n) is 8.69. The minimum absolute atomic E-state index is 0.0717. The number of Topliss-reactive ketones (excluding diaryl/α,β-unsaturated/α-hetero) is 1. The Hall–Kier alpha value is -1.16. The van der Waals surface area contributed by atoms with Gasteiger partial charge in [0.1, 0.15) is 5.71 Å². The predicted molar refractivity (Wildman–Crippen MR) is 87.3 cm³/mol. The third kappa shape index (κ3) is 1.93. The van der Waals surface area contributed by atoms with Crippen LogP contribution in [0.3, 0.4) is 0 Å². The first-order valence-corrected chi connectivity index (χ1v) is 9.03. The summed E-state index contributed by atoms with van der Waals surface area (Å²) in [6.07, 6.45) is 8.57. The first kappa shape index (κ1) is 15.4. The molecular formula is C19H27NO3. The van der Waals surface area contributed by atoms with Gasteiger partial charge in [-0.25, -0.2) is 0 Å². The number of ketones is 1. The molecular weight excluding hydrogens is 290 g/mol. The number of carbonyl (C=O) groups excluding carboxylic acids is 1. The largest absolute Gasteiger partial charge is 0.411 e. The quantitative estimate of drug-likeness (QED) is 0.409. The average molecular weight is 317 g/mol. The van der Waals surface area contributed by atoms with Gasteiger partial charge in [0.25, 0.3) is 0 Å². The number of rotatable bonds is 0. The van der Waals surface area contributed by atoms with Crippen LogP contribution in [0.5, 0.6) is 0 Å². The Kier molecular flexibility index (Phi) is 3.29. The van der Waals surface area contributed by atoms with Gasteiger partial charge in [-0.15, -0.1) is 0 Å². The van der Waals surface area contributed by atoms with Crippen molar-refractivity contribution in [3.05, 3.63) is 11.6 Å². The normalized spacial score (nSPS) is 51.0. The van der Waals surface area contributed by atoms with Crippen LogP contribution < -0.4 is 0 Å². The fourth-order valence-corrected chi connectivity index (χ4v) is 6.34. The SMILES string of the molecule is C[C@]12CC[C@@H](O)CC1=CC[C@H]1[C@H]2CC[C@]2(C)C(=O)/C(=N/O)C[C@@H]12. The Morgan fingerprint density at radius 1 is 1.13 bits per heavy atom. The number of aliphatic hydroxyl groups is 1. The predicted octanol–water partition coefficient (Wildman–Crippen LogP) is 3.32. The van der Waals surface area contributed by atoms with Crippen LogP contribution in [0, 0.1) is 28.6 Å². The highest BCUT2D eigenvalue weighted by atomic mass is 16.4. The van der Waals surface area contributed by atoms with E-state index < -0.39 is 0 Å². The van der Waals surface area contributed by atoms with E-state index in [0.29, 0.717) is 29.9 Å². The van der Waals surface area contributed by atoms with Crippen molar-refractivity contribution in [2.45, 2.75) is 64.9 Å². The Labute approximate surface area is 137 Å². The summed E-state index contributed by atoms with van der Waals surface area (Å²) in [5.74, 6) is 1.48. The number of allylic oxidation sites excluding steroid dienone is 1. The van der Waals surface area contributed by atoms with Gasteiger partial charge >= 0.3 is 0 Å². The molecule has 4 heteroatoms. The van der Waals surface area contributed by atoms with Crippen LogP contribution in [0.4, 0.5) is 0 Å². The molecule has 0 unspecified atom stereocenters. The summed E-state index contributed by atoms with van der Waals surface area (Å²) in [5.41, 5.74) is 1.68. The first-order chi connectivity index (χ1) is 10.9. The second-order valence-corrected chi connectivity index (χ2v) is 8.69. The lowest BCUT2D eigenvalue weighted by Gasteiger charge is -2.56. The zero-order valence-electron chi connectivity index (χ0n) is 14.1. The Morgan fingerprint density at radius 2 is 1.87 bits per heavy atom. The minimum Gasteiger partial charge on any atom is -0.411 e.